The van der Waals surface area contributed by atoms with Gasteiger partial charge >= 0.3 is 0 Å². The number of nitrogens with zero attached hydrogens (tertiary/aromatic N) is 2. The van der Waals surface area contributed by atoms with Crippen molar-refractivity contribution >= 4 is 11.8 Å². The standard InChI is InChI=1S/C17H30N2O2/c1-16(2,3)12-17(4,5)19-11-9-14(20)18-10-7-6-8-13(18)15(19)21/h13H,6-12H2,1-5H3. The van der Waals surface area contributed by atoms with Gasteiger partial charge in [-0.15, -0.1) is 0 Å². The second kappa shape index (κ2) is 5.62. The van der Waals surface area contributed by atoms with Crippen molar-refractivity contribution in [2.45, 2.75) is 78.3 Å². The number of carbonyl (C=O) groups is 2. The van der Waals surface area contributed by atoms with Crippen LogP contribution in [-0.4, -0.2) is 46.3 Å². The van der Waals surface area contributed by atoms with Crippen LogP contribution in [0.1, 0.15) is 66.7 Å². The molecule has 0 aromatic carbocycles. The summed E-state index contributed by atoms with van der Waals surface area (Å²) < 4.78 is 0. The SMILES string of the molecule is CC(C)(C)CC(C)(C)N1CCC(=O)N2CCCCC2C1=O. The molecule has 4 nitrogen and oxygen atoms in total. The molecule has 120 valence electrons. The number of hydrogen-bond donors (Lipinski definition) is 0. The van der Waals surface area contributed by atoms with Gasteiger partial charge in [0.05, 0.1) is 0 Å². The number of fused-ring (bicyclic) bond motifs is 1. The quantitative estimate of drug-likeness (QED) is 0.786. The minimum atomic E-state index is -0.215. The highest BCUT2D eigenvalue weighted by Gasteiger charge is 2.43. The molecule has 0 radical (unpaired) electrons. The molecule has 0 bridgehead atoms. The monoisotopic (exact) mass is 294 g/mol. The van der Waals surface area contributed by atoms with Crippen LogP contribution >= 0.6 is 0 Å². The van der Waals surface area contributed by atoms with Gasteiger partial charge in [-0.05, 0) is 44.9 Å². The molecular weight excluding hydrogens is 264 g/mol. The summed E-state index contributed by atoms with van der Waals surface area (Å²) in [6, 6.07) is -0.215. The lowest BCUT2D eigenvalue weighted by molar-refractivity contribution is -0.146. The third kappa shape index (κ3) is 3.58. The van der Waals surface area contributed by atoms with E-state index in [-0.39, 0.29) is 28.8 Å². The average molecular weight is 294 g/mol. The molecule has 0 aliphatic carbocycles. The van der Waals surface area contributed by atoms with Crippen LogP contribution < -0.4 is 0 Å². The fourth-order valence-corrected chi connectivity index (χ4v) is 4.12. The Bertz CT molecular complexity index is 423. The van der Waals surface area contributed by atoms with Gasteiger partial charge in [0.25, 0.3) is 0 Å². The first-order valence-electron chi connectivity index (χ1n) is 8.23. The topological polar surface area (TPSA) is 40.6 Å². The van der Waals surface area contributed by atoms with Crippen molar-refractivity contribution < 1.29 is 9.59 Å². The van der Waals surface area contributed by atoms with E-state index in [0.717, 1.165) is 32.2 Å². The Labute approximate surface area is 128 Å². The van der Waals surface area contributed by atoms with Gasteiger partial charge in [-0.3, -0.25) is 9.59 Å². The van der Waals surface area contributed by atoms with Crippen molar-refractivity contribution in [3.05, 3.63) is 0 Å². The summed E-state index contributed by atoms with van der Waals surface area (Å²) in [7, 11) is 0. The summed E-state index contributed by atoms with van der Waals surface area (Å²) in [5.74, 6) is 0.317. The lowest BCUT2D eigenvalue weighted by Gasteiger charge is -2.44. The molecule has 2 fully saturated rings. The highest BCUT2D eigenvalue weighted by molar-refractivity contribution is 5.90. The van der Waals surface area contributed by atoms with Crippen molar-refractivity contribution in [3.8, 4) is 0 Å². The minimum absolute atomic E-state index is 0.155. The molecule has 0 aromatic heterocycles. The summed E-state index contributed by atoms with van der Waals surface area (Å²) in [6.45, 7) is 12.2. The van der Waals surface area contributed by atoms with Crippen LogP contribution in [-0.2, 0) is 9.59 Å². The van der Waals surface area contributed by atoms with E-state index < -0.39 is 0 Å². The fourth-order valence-electron chi connectivity index (χ4n) is 4.12. The molecule has 0 saturated carbocycles. The Hall–Kier alpha value is -1.06. The number of carbonyl (C=O) groups excluding carboxylic acids is 2. The maximum absolute atomic E-state index is 13.0. The van der Waals surface area contributed by atoms with Crippen molar-refractivity contribution in [1.29, 1.82) is 0 Å². The van der Waals surface area contributed by atoms with Crippen LogP contribution in [0.3, 0.4) is 0 Å². The van der Waals surface area contributed by atoms with Gasteiger partial charge in [-0.1, -0.05) is 20.8 Å². The van der Waals surface area contributed by atoms with Crippen LogP contribution in [0.25, 0.3) is 0 Å². The Morgan fingerprint density at radius 2 is 1.71 bits per heavy atom. The second-order valence-corrected chi connectivity index (χ2v) is 8.39. The highest BCUT2D eigenvalue weighted by atomic mass is 16.2. The zero-order valence-corrected chi connectivity index (χ0v) is 14.2. The summed E-state index contributed by atoms with van der Waals surface area (Å²) >= 11 is 0. The number of piperidine rings is 1. The first-order valence-corrected chi connectivity index (χ1v) is 8.23. The van der Waals surface area contributed by atoms with E-state index in [1.165, 1.54) is 0 Å². The van der Waals surface area contributed by atoms with Gasteiger partial charge < -0.3 is 9.80 Å². The van der Waals surface area contributed by atoms with Crippen LogP contribution in [0.5, 0.6) is 0 Å². The lowest BCUT2D eigenvalue weighted by Crippen LogP contribution is -2.55. The molecule has 1 atom stereocenters. The van der Waals surface area contributed by atoms with Crippen molar-refractivity contribution in [1.82, 2.24) is 9.80 Å². The maximum Gasteiger partial charge on any atom is 0.245 e. The smallest absolute Gasteiger partial charge is 0.245 e. The van der Waals surface area contributed by atoms with Crippen LogP contribution in [0.15, 0.2) is 0 Å². The summed E-state index contributed by atoms with van der Waals surface area (Å²) in [4.78, 5) is 29.1. The molecule has 2 aliphatic rings. The Morgan fingerprint density at radius 3 is 2.33 bits per heavy atom. The molecule has 2 aliphatic heterocycles. The first kappa shape index (κ1) is 16.3. The highest BCUT2D eigenvalue weighted by Crippen LogP contribution is 2.34. The molecular formula is C17H30N2O2. The second-order valence-electron chi connectivity index (χ2n) is 8.39. The minimum Gasteiger partial charge on any atom is -0.335 e. The number of rotatable bonds is 2. The van der Waals surface area contributed by atoms with Crippen LogP contribution in [0.4, 0.5) is 0 Å². The van der Waals surface area contributed by atoms with E-state index in [1.54, 1.807) is 0 Å². The molecule has 2 heterocycles. The van der Waals surface area contributed by atoms with E-state index in [9.17, 15) is 9.59 Å². The number of amides is 2. The van der Waals surface area contributed by atoms with E-state index >= 15 is 0 Å². The number of hydrogen-bond acceptors (Lipinski definition) is 2. The molecule has 0 aromatic rings. The van der Waals surface area contributed by atoms with Gasteiger partial charge in [-0.2, -0.15) is 0 Å². The van der Waals surface area contributed by atoms with Gasteiger partial charge in [0.1, 0.15) is 6.04 Å². The molecule has 2 saturated heterocycles. The van der Waals surface area contributed by atoms with Gasteiger partial charge in [-0.25, -0.2) is 0 Å². The van der Waals surface area contributed by atoms with Gasteiger partial charge in [0.2, 0.25) is 11.8 Å². The third-order valence-corrected chi connectivity index (χ3v) is 4.62. The van der Waals surface area contributed by atoms with Crippen molar-refractivity contribution in [2.24, 2.45) is 5.41 Å². The lowest BCUT2D eigenvalue weighted by atomic mass is 9.80. The predicted molar refractivity (Wildman–Crippen MR) is 83.8 cm³/mol. The third-order valence-electron chi connectivity index (χ3n) is 4.62. The van der Waals surface area contributed by atoms with Crippen molar-refractivity contribution in [3.63, 3.8) is 0 Å². The van der Waals surface area contributed by atoms with E-state index in [4.69, 9.17) is 0 Å². The van der Waals surface area contributed by atoms with Crippen molar-refractivity contribution in [2.75, 3.05) is 13.1 Å². The Kier molecular flexibility index (Phi) is 4.36. The van der Waals surface area contributed by atoms with E-state index in [2.05, 4.69) is 34.6 Å². The maximum atomic E-state index is 13.0. The first-order chi connectivity index (χ1) is 9.62. The molecule has 0 spiro atoms. The van der Waals surface area contributed by atoms with Gasteiger partial charge in [0.15, 0.2) is 0 Å². The molecule has 21 heavy (non-hydrogen) atoms. The molecule has 0 N–H and O–H groups in total. The average Bonchev–Trinajstić information content (AvgIpc) is 2.46. The Morgan fingerprint density at radius 1 is 1.05 bits per heavy atom. The molecule has 4 heteroatoms. The van der Waals surface area contributed by atoms with E-state index in [0.29, 0.717) is 13.0 Å². The predicted octanol–water partition coefficient (Wildman–Crippen LogP) is 2.81. The molecule has 1 unspecified atom stereocenters. The molecule has 2 amide bonds. The van der Waals surface area contributed by atoms with Crippen LogP contribution in [0, 0.1) is 5.41 Å². The van der Waals surface area contributed by atoms with Crippen LogP contribution in [0.2, 0.25) is 0 Å². The molecule has 2 rings (SSSR count). The zero-order valence-electron chi connectivity index (χ0n) is 14.2. The summed E-state index contributed by atoms with van der Waals surface area (Å²) in [5, 5.41) is 0. The summed E-state index contributed by atoms with van der Waals surface area (Å²) in [5.41, 5.74) is -0.0462. The Balaban J connectivity index is 2.24. The zero-order chi connectivity index (χ0) is 15.8. The largest absolute Gasteiger partial charge is 0.335 e. The summed E-state index contributed by atoms with van der Waals surface area (Å²) in [6.07, 6.45) is 4.31. The fraction of sp³-hybridized carbons (Fsp3) is 0.882. The van der Waals surface area contributed by atoms with Gasteiger partial charge in [0, 0.05) is 25.0 Å². The van der Waals surface area contributed by atoms with E-state index in [1.807, 2.05) is 9.80 Å². The normalized spacial score (nSPS) is 24.9.